The molecule has 0 aliphatic carbocycles. The molecule has 0 aliphatic rings. The topological polar surface area (TPSA) is 123 Å². The Morgan fingerprint density at radius 3 is 3.00 bits per heavy atom. The average molecular weight is 309 g/mol. The summed E-state index contributed by atoms with van der Waals surface area (Å²) in [5, 5.41) is 20.2. The molecule has 0 saturated heterocycles. The minimum absolute atomic E-state index is 0.0840. The zero-order valence-corrected chi connectivity index (χ0v) is 11.7. The highest BCUT2D eigenvalue weighted by atomic mass is 32.2. The van der Waals surface area contributed by atoms with Crippen molar-refractivity contribution in [3.8, 4) is 5.75 Å². The number of ether oxygens (including phenoxy) is 1. The lowest BCUT2D eigenvalue weighted by atomic mass is 10.2. The molecule has 0 fully saturated rings. The van der Waals surface area contributed by atoms with Crippen LogP contribution in [0.25, 0.3) is 0 Å². The van der Waals surface area contributed by atoms with Crippen molar-refractivity contribution in [1.82, 2.24) is 15.2 Å². The van der Waals surface area contributed by atoms with Crippen LogP contribution >= 0.6 is 11.8 Å². The molecule has 10 heteroatoms. The quantitative estimate of drug-likeness (QED) is 0.470. The molecule has 0 aliphatic heterocycles. The van der Waals surface area contributed by atoms with E-state index in [9.17, 15) is 14.9 Å². The van der Waals surface area contributed by atoms with E-state index in [4.69, 9.17) is 4.74 Å². The summed E-state index contributed by atoms with van der Waals surface area (Å²) in [4.78, 5) is 25.8. The van der Waals surface area contributed by atoms with Gasteiger partial charge in [-0.3, -0.25) is 20.0 Å². The van der Waals surface area contributed by atoms with E-state index in [2.05, 4.69) is 20.5 Å². The molecule has 0 unspecified atom stereocenters. The molecule has 2 aromatic rings. The standard InChI is InChI=1S/C11H11N5O4S/c1-20-9-4-7(2-3-8(9)16(18)19)14-10(17)5-21-11-12-6-13-15-11/h2-4,6H,5H2,1H3,(H,14,17)(H,12,13,15). The summed E-state index contributed by atoms with van der Waals surface area (Å²) in [6, 6.07) is 4.12. The van der Waals surface area contributed by atoms with Gasteiger partial charge < -0.3 is 10.1 Å². The Bertz CT molecular complexity index is 646. The molecule has 110 valence electrons. The number of benzene rings is 1. The van der Waals surface area contributed by atoms with Gasteiger partial charge in [0.15, 0.2) is 10.9 Å². The molecule has 1 aromatic carbocycles. The number of anilines is 1. The van der Waals surface area contributed by atoms with Gasteiger partial charge in [-0.2, -0.15) is 5.10 Å². The second kappa shape index (κ2) is 6.70. The van der Waals surface area contributed by atoms with Gasteiger partial charge in [0, 0.05) is 17.8 Å². The number of aromatic amines is 1. The molecule has 0 radical (unpaired) electrons. The third-order valence-corrected chi connectivity index (χ3v) is 3.27. The molecule has 1 heterocycles. The van der Waals surface area contributed by atoms with Gasteiger partial charge in [-0.05, 0) is 6.07 Å². The number of nitrogens with zero attached hydrogens (tertiary/aromatic N) is 3. The summed E-state index contributed by atoms with van der Waals surface area (Å²) < 4.78 is 4.93. The number of nitrogens with one attached hydrogen (secondary N) is 2. The predicted octanol–water partition coefficient (Wildman–Crippen LogP) is 1.45. The molecular formula is C11H11N5O4S. The van der Waals surface area contributed by atoms with Gasteiger partial charge >= 0.3 is 5.69 Å². The molecule has 0 atom stereocenters. The number of thioether (sulfide) groups is 1. The van der Waals surface area contributed by atoms with Crippen LogP contribution in [0.1, 0.15) is 0 Å². The van der Waals surface area contributed by atoms with E-state index in [-0.39, 0.29) is 23.1 Å². The summed E-state index contributed by atoms with van der Waals surface area (Å²) in [7, 11) is 1.33. The molecule has 2 rings (SSSR count). The number of nitro groups is 1. The molecule has 2 N–H and O–H groups in total. The zero-order chi connectivity index (χ0) is 15.2. The van der Waals surface area contributed by atoms with Crippen LogP contribution in [-0.2, 0) is 4.79 Å². The Hall–Kier alpha value is -2.62. The number of methoxy groups -OCH3 is 1. The number of H-pyrrole nitrogens is 1. The predicted molar refractivity (Wildman–Crippen MR) is 75.4 cm³/mol. The summed E-state index contributed by atoms with van der Waals surface area (Å²) in [6.07, 6.45) is 1.35. The number of carbonyl (C=O) groups is 1. The third-order valence-electron chi connectivity index (χ3n) is 2.39. The van der Waals surface area contributed by atoms with Crippen LogP contribution in [0.3, 0.4) is 0 Å². The molecule has 21 heavy (non-hydrogen) atoms. The first-order chi connectivity index (χ1) is 10.1. The first kappa shape index (κ1) is 14.8. The number of nitro benzene ring substituents is 1. The Kier molecular flexibility index (Phi) is 4.72. The first-order valence-electron chi connectivity index (χ1n) is 5.70. The Morgan fingerprint density at radius 1 is 1.57 bits per heavy atom. The number of amides is 1. The van der Waals surface area contributed by atoms with Crippen molar-refractivity contribution in [2.24, 2.45) is 0 Å². The van der Waals surface area contributed by atoms with Gasteiger partial charge in [0.2, 0.25) is 5.91 Å². The highest BCUT2D eigenvalue weighted by Crippen LogP contribution is 2.29. The van der Waals surface area contributed by atoms with E-state index in [1.54, 1.807) is 0 Å². The monoisotopic (exact) mass is 309 g/mol. The summed E-state index contributed by atoms with van der Waals surface area (Å²) in [6.45, 7) is 0. The zero-order valence-electron chi connectivity index (χ0n) is 10.9. The highest BCUT2D eigenvalue weighted by molar-refractivity contribution is 7.99. The fourth-order valence-corrected chi connectivity index (χ4v) is 2.08. The normalized spacial score (nSPS) is 10.1. The second-order valence-corrected chi connectivity index (χ2v) is 4.74. The minimum Gasteiger partial charge on any atom is -0.490 e. The maximum Gasteiger partial charge on any atom is 0.311 e. The van der Waals surface area contributed by atoms with Crippen molar-refractivity contribution in [2.45, 2.75) is 5.16 Å². The lowest BCUT2D eigenvalue weighted by molar-refractivity contribution is -0.385. The highest BCUT2D eigenvalue weighted by Gasteiger charge is 2.15. The van der Waals surface area contributed by atoms with Gasteiger partial charge in [-0.1, -0.05) is 11.8 Å². The first-order valence-corrected chi connectivity index (χ1v) is 6.69. The largest absolute Gasteiger partial charge is 0.490 e. The van der Waals surface area contributed by atoms with Crippen molar-refractivity contribution in [3.05, 3.63) is 34.6 Å². The summed E-state index contributed by atoms with van der Waals surface area (Å²) in [5.41, 5.74) is 0.257. The van der Waals surface area contributed by atoms with Crippen LogP contribution in [0.2, 0.25) is 0 Å². The SMILES string of the molecule is COc1cc(NC(=O)CSc2ncn[nH]2)ccc1[N+](=O)[O-]. The van der Waals surface area contributed by atoms with E-state index in [0.717, 1.165) is 0 Å². The van der Waals surface area contributed by atoms with Crippen LogP contribution in [-0.4, -0.2) is 38.9 Å². The number of hydrogen-bond acceptors (Lipinski definition) is 7. The lowest BCUT2D eigenvalue weighted by Gasteiger charge is -2.07. The van der Waals surface area contributed by atoms with Crippen molar-refractivity contribution in [1.29, 1.82) is 0 Å². The van der Waals surface area contributed by atoms with Gasteiger partial charge in [0.1, 0.15) is 6.33 Å². The second-order valence-electron chi connectivity index (χ2n) is 3.77. The Labute approximate surface area is 123 Å². The van der Waals surface area contributed by atoms with E-state index < -0.39 is 4.92 Å². The van der Waals surface area contributed by atoms with Crippen LogP contribution in [0.4, 0.5) is 11.4 Å². The minimum atomic E-state index is -0.551. The van der Waals surface area contributed by atoms with Gasteiger partial charge in [0.05, 0.1) is 17.8 Å². The maximum absolute atomic E-state index is 11.8. The number of hydrogen-bond donors (Lipinski definition) is 2. The molecule has 1 amide bonds. The van der Waals surface area contributed by atoms with Gasteiger partial charge in [0.25, 0.3) is 0 Å². The van der Waals surface area contributed by atoms with Crippen molar-refractivity contribution >= 4 is 29.0 Å². The van der Waals surface area contributed by atoms with Crippen LogP contribution in [0.15, 0.2) is 29.7 Å². The lowest BCUT2D eigenvalue weighted by Crippen LogP contribution is -2.14. The van der Waals surface area contributed by atoms with Crippen LogP contribution < -0.4 is 10.1 Å². The van der Waals surface area contributed by atoms with Gasteiger partial charge in [-0.15, -0.1) is 0 Å². The maximum atomic E-state index is 11.8. The molecule has 0 spiro atoms. The van der Waals surface area contributed by atoms with E-state index in [1.807, 2.05) is 0 Å². The van der Waals surface area contributed by atoms with Crippen molar-refractivity contribution < 1.29 is 14.5 Å². The smallest absolute Gasteiger partial charge is 0.311 e. The Morgan fingerprint density at radius 2 is 2.38 bits per heavy atom. The molecule has 0 saturated carbocycles. The summed E-state index contributed by atoms with van der Waals surface area (Å²) in [5.74, 6) is -0.0536. The molecule has 1 aromatic heterocycles. The van der Waals surface area contributed by atoms with E-state index >= 15 is 0 Å². The molecule has 0 bridgehead atoms. The van der Waals surface area contributed by atoms with Crippen LogP contribution in [0.5, 0.6) is 5.75 Å². The number of aromatic nitrogens is 3. The fourth-order valence-electron chi connectivity index (χ4n) is 1.50. The third kappa shape index (κ3) is 3.92. The van der Waals surface area contributed by atoms with Crippen molar-refractivity contribution in [2.75, 3.05) is 18.2 Å². The molecule has 9 nitrogen and oxygen atoms in total. The number of carbonyl (C=O) groups excluding carboxylic acids is 1. The molecular weight excluding hydrogens is 298 g/mol. The summed E-state index contributed by atoms with van der Waals surface area (Å²) >= 11 is 1.19. The van der Waals surface area contributed by atoms with Crippen LogP contribution in [0, 0.1) is 10.1 Å². The van der Waals surface area contributed by atoms with E-state index in [1.165, 1.54) is 43.4 Å². The fraction of sp³-hybridized carbons (Fsp3) is 0.182. The number of rotatable bonds is 6. The Balaban J connectivity index is 1.99. The average Bonchev–Trinajstić information content (AvgIpc) is 2.98. The van der Waals surface area contributed by atoms with Crippen molar-refractivity contribution in [3.63, 3.8) is 0 Å². The van der Waals surface area contributed by atoms with E-state index in [0.29, 0.717) is 10.8 Å². The van der Waals surface area contributed by atoms with Gasteiger partial charge in [-0.25, -0.2) is 4.98 Å².